The standard InChI is InChI=1S/C23H27N5OS2/c29-20(24-21(19-10-7-15-30-19)17-8-3-1-4-9-17)16-31-23-26-25-22(28(23)18-11-12-18)27-13-5-2-6-14-27/h1,3-4,7-10,15,18,21H,2,5-6,11-14,16H2,(H,24,29). The van der Waals surface area contributed by atoms with Crippen molar-refractivity contribution < 1.29 is 4.79 Å². The Kier molecular flexibility index (Phi) is 6.27. The van der Waals surface area contributed by atoms with Crippen molar-refractivity contribution >= 4 is 35.0 Å². The number of anilines is 1. The molecule has 31 heavy (non-hydrogen) atoms. The Hall–Kier alpha value is -2.32. The summed E-state index contributed by atoms with van der Waals surface area (Å²) in [4.78, 5) is 16.4. The van der Waals surface area contributed by atoms with Crippen LogP contribution in [-0.2, 0) is 4.79 Å². The highest BCUT2D eigenvalue weighted by molar-refractivity contribution is 7.99. The molecule has 1 unspecified atom stereocenters. The Balaban J connectivity index is 1.27. The van der Waals surface area contributed by atoms with Crippen molar-refractivity contribution in [2.75, 3.05) is 23.7 Å². The minimum Gasteiger partial charge on any atom is -0.344 e. The van der Waals surface area contributed by atoms with Crippen LogP contribution in [0.3, 0.4) is 0 Å². The molecule has 1 N–H and O–H groups in total. The van der Waals surface area contributed by atoms with Crippen molar-refractivity contribution in [1.82, 2.24) is 20.1 Å². The van der Waals surface area contributed by atoms with Crippen molar-refractivity contribution in [2.24, 2.45) is 0 Å². The number of amides is 1. The van der Waals surface area contributed by atoms with Crippen molar-refractivity contribution in [3.63, 3.8) is 0 Å². The van der Waals surface area contributed by atoms with Gasteiger partial charge in [0.15, 0.2) is 5.16 Å². The number of nitrogens with zero attached hydrogens (tertiary/aromatic N) is 4. The molecule has 1 atom stereocenters. The number of carbonyl (C=O) groups excluding carboxylic acids is 1. The van der Waals surface area contributed by atoms with Crippen LogP contribution in [0.25, 0.3) is 0 Å². The van der Waals surface area contributed by atoms with Crippen LogP contribution in [0, 0.1) is 0 Å². The first kappa shape index (κ1) is 20.6. The van der Waals surface area contributed by atoms with Gasteiger partial charge < -0.3 is 10.2 Å². The predicted molar refractivity (Wildman–Crippen MR) is 126 cm³/mol. The van der Waals surface area contributed by atoms with Crippen LogP contribution >= 0.6 is 23.1 Å². The van der Waals surface area contributed by atoms with Gasteiger partial charge in [-0.2, -0.15) is 0 Å². The van der Waals surface area contributed by atoms with Gasteiger partial charge in [-0.25, -0.2) is 0 Å². The minimum atomic E-state index is -0.125. The maximum Gasteiger partial charge on any atom is 0.231 e. The molecule has 1 saturated carbocycles. The number of piperidine rings is 1. The summed E-state index contributed by atoms with van der Waals surface area (Å²) >= 11 is 3.16. The van der Waals surface area contributed by atoms with Crippen LogP contribution in [0.2, 0.25) is 0 Å². The quantitative estimate of drug-likeness (QED) is 0.503. The Morgan fingerprint density at radius 1 is 1.10 bits per heavy atom. The van der Waals surface area contributed by atoms with Gasteiger partial charge in [0.1, 0.15) is 0 Å². The third kappa shape index (κ3) is 4.80. The lowest BCUT2D eigenvalue weighted by Gasteiger charge is -2.27. The van der Waals surface area contributed by atoms with E-state index < -0.39 is 0 Å². The molecule has 3 aromatic rings. The van der Waals surface area contributed by atoms with Gasteiger partial charge in [0.05, 0.1) is 11.8 Å². The molecule has 1 saturated heterocycles. The first-order valence-corrected chi connectivity index (χ1v) is 12.9. The summed E-state index contributed by atoms with van der Waals surface area (Å²) in [6.45, 7) is 2.10. The summed E-state index contributed by atoms with van der Waals surface area (Å²) < 4.78 is 2.28. The van der Waals surface area contributed by atoms with Crippen LogP contribution in [-0.4, -0.2) is 39.5 Å². The summed E-state index contributed by atoms with van der Waals surface area (Å²) in [7, 11) is 0. The van der Waals surface area contributed by atoms with Gasteiger partial charge >= 0.3 is 0 Å². The van der Waals surface area contributed by atoms with Crippen molar-refractivity contribution in [2.45, 2.75) is 49.3 Å². The van der Waals surface area contributed by atoms with Crippen LogP contribution in [0.5, 0.6) is 0 Å². The van der Waals surface area contributed by atoms with Crippen LogP contribution in [0.15, 0.2) is 53.0 Å². The largest absolute Gasteiger partial charge is 0.344 e. The molecular formula is C23H27N5OS2. The van der Waals surface area contributed by atoms with Crippen LogP contribution in [0.1, 0.15) is 54.6 Å². The number of carbonyl (C=O) groups is 1. The van der Waals surface area contributed by atoms with Crippen LogP contribution < -0.4 is 10.2 Å². The topological polar surface area (TPSA) is 63.1 Å². The van der Waals surface area contributed by atoms with E-state index >= 15 is 0 Å². The fourth-order valence-corrected chi connectivity index (χ4v) is 5.70. The molecule has 2 aliphatic rings. The summed E-state index contributed by atoms with van der Waals surface area (Å²) in [5, 5.41) is 15.1. The second kappa shape index (κ2) is 9.44. The van der Waals surface area contributed by atoms with E-state index in [1.165, 1.54) is 43.9 Å². The van der Waals surface area contributed by atoms with Crippen molar-refractivity contribution in [3.05, 3.63) is 58.3 Å². The monoisotopic (exact) mass is 453 g/mol. The Bertz CT molecular complexity index is 994. The fourth-order valence-electron chi connectivity index (χ4n) is 4.08. The van der Waals surface area contributed by atoms with E-state index in [-0.39, 0.29) is 11.9 Å². The number of nitrogens with one attached hydrogen (secondary N) is 1. The van der Waals surface area contributed by atoms with Crippen LogP contribution in [0.4, 0.5) is 5.95 Å². The number of aromatic nitrogens is 3. The number of hydrogen-bond donors (Lipinski definition) is 1. The average molecular weight is 454 g/mol. The first-order valence-electron chi connectivity index (χ1n) is 11.0. The molecule has 1 aliphatic carbocycles. The third-order valence-corrected chi connectivity index (χ3v) is 7.68. The average Bonchev–Trinajstić information content (AvgIpc) is 3.33. The minimum absolute atomic E-state index is 0.0112. The SMILES string of the molecule is O=C(CSc1nnc(N2CCCCC2)n1C1CC1)NC(c1ccccc1)c1cccs1. The van der Waals surface area contributed by atoms with Gasteiger partial charge in [-0.1, -0.05) is 48.2 Å². The second-order valence-corrected chi connectivity index (χ2v) is 10.1. The number of rotatable bonds is 8. The zero-order valence-electron chi connectivity index (χ0n) is 17.4. The molecule has 3 heterocycles. The summed E-state index contributed by atoms with van der Waals surface area (Å²) in [6, 6.07) is 14.6. The molecule has 1 aromatic carbocycles. The normalized spacial score (nSPS) is 17.5. The summed E-state index contributed by atoms with van der Waals surface area (Å²) in [6.07, 6.45) is 6.07. The highest BCUT2D eigenvalue weighted by Crippen LogP contribution is 2.41. The van der Waals surface area contributed by atoms with Crippen molar-refractivity contribution in [1.29, 1.82) is 0 Å². The maximum absolute atomic E-state index is 12.9. The van der Waals surface area contributed by atoms with Gasteiger partial charge in [0.25, 0.3) is 0 Å². The molecule has 6 nitrogen and oxygen atoms in total. The number of benzene rings is 1. The smallest absolute Gasteiger partial charge is 0.231 e. The zero-order chi connectivity index (χ0) is 21.0. The highest BCUT2D eigenvalue weighted by Gasteiger charge is 2.32. The summed E-state index contributed by atoms with van der Waals surface area (Å²) in [5.74, 6) is 1.34. The molecule has 5 rings (SSSR count). The Labute approximate surface area is 191 Å². The molecule has 0 radical (unpaired) electrons. The van der Waals surface area contributed by atoms with E-state index in [2.05, 4.69) is 43.2 Å². The molecule has 2 aromatic heterocycles. The number of thioether (sulfide) groups is 1. The van der Waals surface area contributed by atoms with Crippen molar-refractivity contribution in [3.8, 4) is 0 Å². The van der Waals surface area contributed by atoms with Gasteiger partial charge in [-0.05, 0) is 49.1 Å². The van der Waals surface area contributed by atoms with Gasteiger partial charge in [0.2, 0.25) is 11.9 Å². The highest BCUT2D eigenvalue weighted by atomic mass is 32.2. The molecular weight excluding hydrogens is 426 g/mol. The summed E-state index contributed by atoms with van der Waals surface area (Å²) in [5.41, 5.74) is 1.09. The fraction of sp³-hybridized carbons (Fsp3) is 0.435. The second-order valence-electron chi connectivity index (χ2n) is 8.15. The predicted octanol–water partition coefficient (Wildman–Crippen LogP) is 4.66. The molecule has 0 bridgehead atoms. The van der Waals surface area contributed by atoms with E-state index in [4.69, 9.17) is 0 Å². The van der Waals surface area contributed by atoms with Gasteiger partial charge in [-0.15, -0.1) is 21.5 Å². The molecule has 1 aliphatic heterocycles. The Morgan fingerprint density at radius 3 is 2.61 bits per heavy atom. The van der Waals surface area contributed by atoms with E-state index in [0.29, 0.717) is 11.8 Å². The lowest BCUT2D eigenvalue weighted by Crippen LogP contribution is -2.32. The van der Waals surface area contributed by atoms with E-state index in [9.17, 15) is 4.79 Å². The maximum atomic E-state index is 12.9. The molecule has 162 valence electrons. The van der Waals surface area contributed by atoms with E-state index in [1.807, 2.05) is 29.6 Å². The van der Waals surface area contributed by atoms with Gasteiger partial charge in [0, 0.05) is 24.0 Å². The van der Waals surface area contributed by atoms with E-state index in [0.717, 1.165) is 34.6 Å². The molecule has 8 heteroatoms. The molecule has 1 amide bonds. The first-order chi connectivity index (χ1) is 15.3. The Morgan fingerprint density at radius 2 is 1.90 bits per heavy atom. The third-order valence-electron chi connectivity index (χ3n) is 5.80. The molecule has 0 spiro atoms. The lowest BCUT2D eigenvalue weighted by atomic mass is 10.1. The molecule has 2 fully saturated rings. The lowest BCUT2D eigenvalue weighted by molar-refractivity contribution is -0.119. The van der Waals surface area contributed by atoms with E-state index in [1.54, 1.807) is 11.3 Å². The number of hydrogen-bond acceptors (Lipinski definition) is 6. The van der Waals surface area contributed by atoms with Gasteiger partial charge in [-0.3, -0.25) is 9.36 Å². The zero-order valence-corrected chi connectivity index (χ0v) is 19.1. The number of thiophene rings is 1.